The molecule has 0 fully saturated rings. The van der Waals surface area contributed by atoms with Gasteiger partial charge < -0.3 is 10.8 Å². The van der Waals surface area contributed by atoms with E-state index in [-0.39, 0.29) is 18.5 Å². The molecule has 0 aliphatic heterocycles. The molecule has 0 amide bonds. The first kappa shape index (κ1) is 16.0. The second kappa shape index (κ2) is 15.7. The lowest BCUT2D eigenvalue weighted by Gasteiger charge is -1.80. The Hall–Kier alpha value is -0.0500. The third kappa shape index (κ3) is 312. The van der Waals surface area contributed by atoms with Crippen LogP contribution in [0.3, 0.4) is 0 Å². The zero-order valence-corrected chi connectivity index (χ0v) is 6.82. The van der Waals surface area contributed by atoms with Crippen LogP contribution >= 0.6 is 12.4 Å². The average molecular weight is 154 g/mol. The number of halogens is 1. The number of rotatable bonds is 1. The van der Waals surface area contributed by atoms with Gasteiger partial charge in [0.15, 0.2) is 0 Å². The smallest absolute Gasteiger partial charge is 0.0483 e. The number of nitrogens with two attached hydrogens (primary N) is 1. The minimum atomic E-state index is -0.167. The van der Waals surface area contributed by atoms with Crippen LogP contribution in [-0.2, 0) is 0 Å². The van der Waals surface area contributed by atoms with Crippen molar-refractivity contribution in [2.75, 3.05) is 6.54 Å². The van der Waals surface area contributed by atoms with E-state index in [9.17, 15) is 0 Å². The fourth-order valence-corrected chi connectivity index (χ4v) is 0. The molecule has 58 valence electrons. The minimum absolute atomic E-state index is 0. The van der Waals surface area contributed by atoms with Gasteiger partial charge in [-0.1, -0.05) is 6.08 Å². The number of hydrogen-bond donors (Lipinski definition) is 2. The molecule has 0 radical (unpaired) electrons. The molecule has 0 aliphatic rings. The monoisotopic (exact) mass is 153 g/mol. The fraction of sp³-hybridized carbons (Fsp3) is 0.667. The largest absolute Gasteiger partial charge is 0.394 e. The van der Waals surface area contributed by atoms with Crippen molar-refractivity contribution in [2.24, 2.45) is 5.73 Å². The molecule has 0 saturated heterocycles. The molecule has 2 nitrogen and oxygen atoms in total. The number of hydrogen-bond acceptors (Lipinski definition) is 2. The van der Waals surface area contributed by atoms with E-state index in [0.717, 1.165) is 0 Å². The average Bonchev–Trinajstić information content (AvgIpc) is 1.65. The van der Waals surface area contributed by atoms with Gasteiger partial charge in [0.2, 0.25) is 0 Å². The van der Waals surface area contributed by atoms with Crippen LogP contribution < -0.4 is 5.73 Å². The molecule has 0 heterocycles. The Balaban J connectivity index is -0.0000000720. The topological polar surface area (TPSA) is 46.2 Å². The van der Waals surface area contributed by atoms with Crippen LogP contribution in [0.2, 0.25) is 0 Å². The predicted molar refractivity (Wildman–Crippen MR) is 43.9 cm³/mol. The Kier molecular flexibility index (Phi) is 27.8. The molecular weight excluding hydrogens is 138 g/mol. The van der Waals surface area contributed by atoms with Crippen molar-refractivity contribution in [1.29, 1.82) is 0 Å². The zero-order valence-electron chi connectivity index (χ0n) is 6.00. The summed E-state index contributed by atoms with van der Waals surface area (Å²) in [5, 5.41) is 8.06. The van der Waals surface area contributed by atoms with Crippen molar-refractivity contribution >= 4 is 12.4 Å². The van der Waals surface area contributed by atoms with Gasteiger partial charge in [0, 0.05) is 12.6 Å². The van der Waals surface area contributed by atoms with Gasteiger partial charge in [-0.3, -0.25) is 0 Å². The van der Waals surface area contributed by atoms with Crippen LogP contribution in [0.1, 0.15) is 13.8 Å². The molecule has 0 unspecified atom stereocenters. The first-order valence-electron chi connectivity index (χ1n) is 2.64. The molecule has 0 atom stereocenters. The van der Waals surface area contributed by atoms with Crippen LogP contribution in [0.5, 0.6) is 0 Å². The maximum absolute atomic E-state index is 8.06. The second-order valence-corrected chi connectivity index (χ2v) is 1.62. The Bertz CT molecular complexity index is 45.6. The van der Waals surface area contributed by atoms with E-state index in [4.69, 9.17) is 10.8 Å². The van der Waals surface area contributed by atoms with E-state index in [1.165, 1.54) is 0 Å². The van der Waals surface area contributed by atoms with Gasteiger partial charge in [-0.25, -0.2) is 0 Å². The highest BCUT2D eigenvalue weighted by Gasteiger charge is 1.69. The van der Waals surface area contributed by atoms with E-state index in [0.29, 0.717) is 6.54 Å². The van der Waals surface area contributed by atoms with Gasteiger partial charge in [-0.15, -0.1) is 19.0 Å². The summed E-state index contributed by atoms with van der Waals surface area (Å²) in [6.07, 6.45) is 1.49. The van der Waals surface area contributed by atoms with E-state index in [2.05, 4.69) is 6.58 Å². The van der Waals surface area contributed by atoms with E-state index >= 15 is 0 Å². The summed E-state index contributed by atoms with van der Waals surface area (Å²) in [5.41, 5.74) is 4.91. The Morgan fingerprint density at radius 2 is 1.78 bits per heavy atom. The van der Waals surface area contributed by atoms with Crippen LogP contribution in [0.25, 0.3) is 0 Å². The first-order chi connectivity index (χ1) is 3.65. The lowest BCUT2D eigenvalue weighted by molar-refractivity contribution is 0.216. The summed E-state index contributed by atoms with van der Waals surface area (Å²) in [5.74, 6) is 0. The van der Waals surface area contributed by atoms with Crippen LogP contribution in [0.4, 0.5) is 0 Å². The lowest BCUT2D eigenvalue weighted by Crippen LogP contribution is -1.90. The molecule has 0 saturated carbocycles. The van der Waals surface area contributed by atoms with Crippen molar-refractivity contribution in [3.63, 3.8) is 0 Å². The standard InChI is InChI=1S/C3H7N.C3H8O.ClH/c1-2-3-4;1-3(2)4;/h2H,1,3-4H2;3-4H,1-2H3;1H. The van der Waals surface area contributed by atoms with Gasteiger partial charge in [-0.05, 0) is 13.8 Å². The van der Waals surface area contributed by atoms with Crippen molar-refractivity contribution in [3.8, 4) is 0 Å². The maximum Gasteiger partial charge on any atom is 0.0483 e. The second-order valence-electron chi connectivity index (χ2n) is 1.62. The highest BCUT2D eigenvalue weighted by atomic mass is 35.5. The van der Waals surface area contributed by atoms with E-state index in [1.807, 2.05) is 0 Å². The molecule has 3 N–H and O–H groups in total. The van der Waals surface area contributed by atoms with E-state index in [1.54, 1.807) is 19.9 Å². The normalized spacial score (nSPS) is 6.78. The summed E-state index contributed by atoms with van der Waals surface area (Å²) in [6, 6.07) is 0. The van der Waals surface area contributed by atoms with E-state index < -0.39 is 0 Å². The molecule has 0 aliphatic carbocycles. The molecule has 0 spiro atoms. The number of aliphatic hydroxyl groups is 1. The quantitative estimate of drug-likeness (QED) is 0.551. The Labute approximate surface area is 63.2 Å². The zero-order chi connectivity index (χ0) is 6.99. The Morgan fingerprint density at radius 3 is 1.78 bits per heavy atom. The first-order valence-corrected chi connectivity index (χ1v) is 2.64. The molecule has 0 bridgehead atoms. The lowest BCUT2D eigenvalue weighted by atomic mass is 10.5. The summed E-state index contributed by atoms with van der Waals surface area (Å²) < 4.78 is 0. The van der Waals surface area contributed by atoms with Crippen LogP contribution in [0, 0.1) is 0 Å². The van der Waals surface area contributed by atoms with Crippen molar-refractivity contribution < 1.29 is 5.11 Å². The minimum Gasteiger partial charge on any atom is -0.394 e. The predicted octanol–water partition coefficient (Wildman–Crippen LogP) is 0.940. The molecule has 9 heavy (non-hydrogen) atoms. The number of aliphatic hydroxyl groups excluding tert-OH is 1. The molecule has 0 aromatic rings. The molecule has 0 aromatic heterocycles. The Morgan fingerprint density at radius 1 is 1.67 bits per heavy atom. The fourth-order valence-electron chi connectivity index (χ4n) is 0. The third-order valence-electron chi connectivity index (χ3n) is 0.167. The summed E-state index contributed by atoms with van der Waals surface area (Å²) in [7, 11) is 0. The van der Waals surface area contributed by atoms with Gasteiger partial charge in [0.05, 0.1) is 0 Å². The molecule has 0 rings (SSSR count). The van der Waals surface area contributed by atoms with Crippen molar-refractivity contribution in [2.45, 2.75) is 20.0 Å². The molecular formula is C6H16ClNO. The SMILES string of the molecule is C=CCN.CC(C)O.Cl. The van der Waals surface area contributed by atoms with Crippen LogP contribution in [0.15, 0.2) is 12.7 Å². The summed E-state index contributed by atoms with van der Waals surface area (Å²) >= 11 is 0. The molecule has 3 heteroatoms. The highest BCUT2D eigenvalue weighted by molar-refractivity contribution is 5.85. The van der Waals surface area contributed by atoms with Crippen molar-refractivity contribution in [1.82, 2.24) is 0 Å². The van der Waals surface area contributed by atoms with Gasteiger partial charge in [-0.2, -0.15) is 0 Å². The third-order valence-corrected chi connectivity index (χ3v) is 0.167. The molecule has 0 aromatic carbocycles. The van der Waals surface area contributed by atoms with Crippen LogP contribution in [-0.4, -0.2) is 17.8 Å². The highest BCUT2D eigenvalue weighted by Crippen LogP contribution is 1.65. The van der Waals surface area contributed by atoms with Crippen molar-refractivity contribution in [3.05, 3.63) is 12.7 Å². The summed E-state index contributed by atoms with van der Waals surface area (Å²) in [4.78, 5) is 0. The maximum atomic E-state index is 8.06. The van der Waals surface area contributed by atoms with Gasteiger partial charge in [0.1, 0.15) is 0 Å². The summed E-state index contributed by atoms with van der Waals surface area (Å²) in [6.45, 7) is 7.38. The van der Waals surface area contributed by atoms with Gasteiger partial charge in [0.25, 0.3) is 0 Å². The van der Waals surface area contributed by atoms with Gasteiger partial charge >= 0.3 is 0 Å².